The second kappa shape index (κ2) is 4.26. The van der Waals surface area contributed by atoms with Gasteiger partial charge in [-0.2, -0.15) is 0 Å². The van der Waals surface area contributed by atoms with E-state index < -0.39 is 0 Å². The van der Waals surface area contributed by atoms with Crippen molar-refractivity contribution in [2.24, 2.45) is 0 Å². The van der Waals surface area contributed by atoms with Crippen molar-refractivity contribution in [2.45, 2.75) is 25.8 Å². The van der Waals surface area contributed by atoms with Gasteiger partial charge in [0.2, 0.25) is 5.91 Å². The molecule has 0 saturated carbocycles. The molecular formula is C9H15NO2. The lowest BCUT2D eigenvalue weighted by Crippen LogP contribution is -2.36. The van der Waals surface area contributed by atoms with Crippen molar-refractivity contribution in [3.05, 3.63) is 12.2 Å². The molecule has 1 aliphatic heterocycles. The molecule has 3 heteroatoms. The summed E-state index contributed by atoms with van der Waals surface area (Å²) in [5.41, 5.74) is 0. The van der Waals surface area contributed by atoms with Crippen LogP contribution in [0.25, 0.3) is 0 Å². The molecule has 1 atom stereocenters. The van der Waals surface area contributed by atoms with Crippen LogP contribution in [0.1, 0.15) is 19.8 Å². The number of nitrogens with zero attached hydrogens (tertiary/aromatic N) is 1. The zero-order valence-corrected chi connectivity index (χ0v) is 7.36. The van der Waals surface area contributed by atoms with Gasteiger partial charge in [0.05, 0.1) is 12.6 Å². The maximum Gasteiger partial charge on any atom is 0.246 e. The van der Waals surface area contributed by atoms with Crippen molar-refractivity contribution in [1.82, 2.24) is 4.90 Å². The summed E-state index contributed by atoms with van der Waals surface area (Å²) >= 11 is 0. The monoisotopic (exact) mass is 169 g/mol. The third-order valence-corrected chi connectivity index (χ3v) is 2.18. The Morgan fingerprint density at radius 1 is 1.75 bits per heavy atom. The number of allylic oxidation sites excluding steroid dienone is 1. The van der Waals surface area contributed by atoms with Gasteiger partial charge < -0.3 is 10.0 Å². The number of aliphatic hydroxyl groups excluding tert-OH is 1. The highest BCUT2D eigenvalue weighted by Crippen LogP contribution is 2.16. The van der Waals surface area contributed by atoms with E-state index >= 15 is 0 Å². The van der Waals surface area contributed by atoms with E-state index in [9.17, 15) is 4.79 Å². The van der Waals surface area contributed by atoms with E-state index in [2.05, 4.69) is 0 Å². The molecule has 3 nitrogen and oxygen atoms in total. The van der Waals surface area contributed by atoms with Gasteiger partial charge in [-0.1, -0.05) is 6.08 Å². The van der Waals surface area contributed by atoms with Crippen LogP contribution in [0, 0.1) is 0 Å². The van der Waals surface area contributed by atoms with Crippen molar-refractivity contribution in [2.75, 3.05) is 13.2 Å². The summed E-state index contributed by atoms with van der Waals surface area (Å²) in [6.07, 6.45) is 5.22. The number of hydrogen-bond donors (Lipinski definition) is 1. The van der Waals surface area contributed by atoms with E-state index in [1.54, 1.807) is 17.1 Å². The molecule has 0 bridgehead atoms. The Hall–Kier alpha value is -0.830. The van der Waals surface area contributed by atoms with E-state index in [0.29, 0.717) is 0 Å². The average Bonchev–Trinajstić information content (AvgIpc) is 2.51. The van der Waals surface area contributed by atoms with Gasteiger partial charge in [-0.25, -0.2) is 0 Å². The number of aliphatic hydroxyl groups is 1. The van der Waals surface area contributed by atoms with Gasteiger partial charge in [0.15, 0.2) is 0 Å². The number of rotatable bonds is 2. The summed E-state index contributed by atoms with van der Waals surface area (Å²) in [6.45, 7) is 2.69. The van der Waals surface area contributed by atoms with E-state index in [0.717, 1.165) is 19.4 Å². The van der Waals surface area contributed by atoms with Gasteiger partial charge in [0, 0.05) is 6.54 Å². The summed E-state index contributed by atoms with van der Waals surface area (Å²) < 4.78 is 0. The number of hydrogen-bond acceptors (Lipinski definition) is 2. The van der Waals surface area contributed by atoms with Crippen molar-refractivity contribution in [3.63, 3.8) is 0 Å². The zero-order chi connectivity index (χ0) is 8.97. The van der Waals surface area contributed by atoms with Crippen LogP contribution in [0.5, 0.6) is 0 Å². The molecule has 0 unspecified atom stereocenters. The Morgan fingerprint density at radius 2 is 2.50 bits per heavy atom. The van der Waals surface area contributed by atoms with Crippen molar-refractivity contribution >= 4 is 5.91 Å². The van der Waals surface area contributed by atoms with Crippen LogP contribution in [-0.4, -0.2) is 35.1 Å². The molecule has 1 saturated heterocycles. The third-order valence-electron chi connectivity index (χ3n) is 2.18. The molecule has 0 radical (unpaired) electrons. The standard InChI is InChI=1S/C9H15NO2/c1-2-4-9(12)10-6-3-5-8(10)7-11/h2,4,8,11H,3,5-7H2,1H3/t8-/m0/s1. The summed E-state index contributed by atoms with van der Waals surface area (Å²) in [7, 11) is 0. The summed E-state index contributed by atoms with van der Waals surface area (Å²) in [5.74, 6) is 0.0223. The second-order valence-corrected chi connectivity index (χ2v) is 3.01. The lowest BCUT2D eigenvalue weighted by molar-refractivity contribution is -0.127. The molecule has 1 rings (SSSR count). The lowest BCUT2D eigenvalue weighted by atomic mass is 10.2. The maximum atomic E-state index is 11.3. The molecule has 12 heavy (non-hydrogen) atoms. The zero-order valence-electron chi connectivity index (χ0n) is 7.36. The first-order chi connectivity index (χ1) is 5.79. The highest BCUT2D eigenvalue weighted by molar-refractivity contribution is 5.87. The van der Waals surface area contributed by atoms with Gasteiger partial charge >= 0.3 is 0 Å². The first-order valence-corrected chi connectivity index (χ1v) is 4.33. The van der Waals surface area contributed by atoms with Crippen LogP contribution in [0.2, 0.25) is 0 Å². The van der Waals surface area contributed by atoms with Crippen molar-refractivity contribution in [3.8, 4) is 0 Å². The SMILES string of the molecule is CC=CC(=O)N1CCC[C@H]1CO. The smallest absolute Gasteiger partial charge is 0.246 e. The molecule has 1 heterocycles. The minimum Gasteiger partial charge on any atom is -0.394 e. The minimum atomic E-state index is 0.0223. The Morgan fingerprint density at radius 3 is 3.08 bits per heavy atom. The Kier molecular flexibility index (Phi) is 3.29. The fraction of sp³-hybridized carbons (Fsp3) is 0.667. The van der Waals surface area contributed by atoms with E-state index in [4.69, 9.17) is 5.11 Å². The fourth-order valence-electron chi connectivity index (χ4n) is 1.55. The molecule has 0 aromatic heterocycles. The van der Waals surface area contributed by atoms with Crippen LogP contribution in [0.15, 0.2) is 12.2 Å². The number of amides is 1. The lowest BCUT2D eigenvalue weighted by Gasteiger charge is -2.21. The molecule has 68 valence electrons. The first-order valence-electron chi connectivity index (χ1n) is 4.33. The van der Waals surface area contributed by atoms with Crippen LogP contribution < -0.4 is 0 Å². The molecule has 1 fully saturated rings. The quantitative estimate of drug-likeness (QED) is 0.613. The molecule has 1 amide bonds. The van der Waals surface area contributed by atoms with Crippen LogP contribution >= 0.6 is 0 Å². The van der Waals surface area contributed by atoms with Gasteiger partial charge in [-0.15, -0.1) is 0 Å². The first kappa shape index (κ1) is 9.26. The van der Waals surface area contributed by atoms with Gasteiger partial charge in [0.1, 0.15) is 0 Å². The van der Waals surface area contributed by atoms with Gasteiger partial charge in [0.25, 0.3) is 0 Å². The van der Waals surface area contributed by atoms with Gasteiger partial charge in [-0.3, -0.25) is 4.79 Å². The van der Waals surface area contributed by atoms with Gasteiger partial charge in [-0.05, 0) is 25.8 Å². The summed E-state index contributed by atoms with van der Waals surface area (Å²) in [6, 6.07) is 0.0497. The van der Waals surface area contributed by atoms with Crippen molar-refractivity contribution < 1.29 is 9.90 Å². The predicted octanol–water partition coefficient (Wildman–Crippen LogP) is 0.546. The highest BCUT2D eigenvalue weighted by atomic mass is 16.3. The summed E-state index contributed by atoms with van der Waals surface area (Å²) in [4.78, 5) is 13.1. The van der Waals surface area contributed by atoms with Crippen LogP contribution in [-0.2, 0) is 4.79 Å². The number of likely N-dealkylation sites (tertiary alicyclic amines) is 1. The second-order valence-electron chi connectivity index (χ2n) is 3.01. The maximum absolute atomic E-state index is 11.3. The largest absolute Gasteiger partial charge is 0.394 e. The Balaban J connectivity index is 2.55. The highest BCUT2D eigenvalue weighted by Gasteiger charge is 2.26. The topological polar surface area (TPSA) is 40.5 Å². The molecule has 1 N–H and O–H groups in total. The van der Waals surface area contributed by atoms with Crippen LogP contribution in [0.3, 0.4) is 0 Å². The number of carbonyl (C=O) groups is 1. The summed E-state index contributed by atoms with van der Waals surface area (Å²) in [5, 5.41) is 8.94. The molecule has 0 spiro atoms. The Labute approximate surface area is 72.7 Å². The number of carbonyl (C=O) groups excluding carboxylic acids is 1. The fourth-order valence-corrected chi connectivity index (χ4v) is 1.55. The van der Waals surface area contributed by atoms with E-state index in [-0.39, 0.29) is 18.6 Å². The molecule has 0 aromatic carbocycles. The normalized spacial score (nSPS) is 23.8. The molecule has 0 aromatic rings. The van der Waals surface area contributed by atoms with Crippen LogP contribution in [0.4, 0.5) is 0 Å². The molecule has 0 aliphatic carbocycles. The Bertz CT molecular complexity index is 189. The molecule has 1 aliphatic rings. The molecular weight excluding hydrogens is 154 g/mol. The predicted molar refractivity (Wildman–Crippen MR) is 46.6 cm³/mol. The van der Waals surface area contributed by atoms with E-state index in [1.807, 2.05) is 6.92 Å². The average molecular weight is 169 g/mol. The third kappa shape index (κ3) is 1.85. The minimum absolute atomic E-state index is 0.0223. The van der Waals surface area contributed by atoms with Crippen molar-refractivity contribution in [1.29, 1.82) is 0 Å². The van der Waals surface area contributed by atoms with E-state index in [1.165, 1.54) is 0 Å².